The molecule has 6 heteroatoms. The van der Waals surface area contributed by atoms with Crippen LogP contribution in [0.1, 0.15) is 5.56 Å². The normalized spacial score (nSPS) is 11.1. The molecule has 0 saturated carbocycles. The Morgan fingerprint density at radius 2 is 1.75 bits per heavy atom. The van der Waals surface area contributed by atoms with Gasteiger partial charge in [-0.2, -0.15) is 5.26 Å². The number of imidazole rings is 1. The molecule has 0 spiro atoms. The van der Waals surface area contributed by atoms with Crippen molar-refractivity contribution in [1.82, 2.24) is 9.55 Å². The lowest BCUT2D eigenvalue weighted by Crippen LogP contribution is -2.13. The van der Waals surface area contributed by atoms with E-state index < -0.39 is 9.84 Å². The number of hydrogen-bond donors (Lipinski definition) is 0. The summed E-state index contributed by atoms with van der Waals surface area (Å²) in [5.41, 5.74) is 1.21. The fourth-order valence-electron chi connectivity index (χ4n) is 2.47. The highest BCUT2D eigenvalue weighted by Crippen LogP contribution is 2.22. The van der Waals surface area contributed by atoms with Gasteiger partial charge in [-0.1, -0.05) is 30.3 Å². The summed E-state index contributed by atoms with van der Waals surface area (Å²) >= 11 is 0. The fraction of sp³-hybridized carbons (Fsp3) is 0.111. The van der Waals surface area contributed by atoms with Crippen molar-refractivity contribution in [1.29, 1.82) is 5.26 Å². The first-order valence-corrected chi connectivity index (χ1v) is 9.05. The second kappa shape index (κ2) is 6.69. The molecule has 0 amide bonds. The lowest BCUT2D eigenvalue weighted by Gasteiger charge is -2.10. The van der Waals surface area contributed by atoms with Crippen molar-refractivity contribution in [3.8, 4) is 17.5 Å². The van der Waals surface area contributed by atoms with Crippen LogP contribution in [-0.4, -0.2) is 23.7 Å². The zero-order chi connectivity index (χ0) is 17.0. The lowest BCUT2D eigenvalue weighted by molar-refractivity contribution is 0.589. The number of rotatable bonds is 5. The topological polar surface area (TPSA) is 75.8 Å². The van der Waals surface area contributed by atoms with Gasteiger partial charge < -0.3 is 4.57 Å². The Hall–Kier alpha value is -2.91. The predicted molar refractivity (Wildman–Crippen MR) is 90.9 cm³/mol. The summed E-state index contributed by atoms with van der Waals surface area (Å²) in [5, 5.41) is 9.23. The minimum atomic E-state index is -3.36. The summed E-state index contributed by atoms with van der Waals surface area (Å²) in [6.45, 7) is 0.270. The molecule has 0 saturated heterocycles. The Bertz CT molecular complexity index is 986. The lowest BCUT2D eigenvalue weighted by atomic mass is 10.1. The molecule has 0 unspecified atom stereocenters. The van der Waals surface area contributed by atoms with Gasteiger partial charge in [0.25, 0.3) is 0 Å². The van der Waals surface area contributed by atoms with Gasteiger partial charge in [0.15, 0.2) is 9.84 Å². The Morgan fingerprint density at radius 1 is 1.04 bits per heavy atom. The summed E-state index contributed by atoms with van der Waals surface area (Å²) in [6, 6.07) is 17.7. The minimum Gasteiger partial charge on any atom is -0.330 e. The van der Waals surface area contributed by atoms with Gasteiger partial charge in [-0.15, -0.1) is 0 Å². The van der Waals surface area contributed by atoms with Gasteiger partial charge >= 0.3 is 0 Å². The van der Waals surface area contributed by atoms with Gasteiger partial charge in [-0.25, -0.2) is 13.4 Å². The van der Waals surface area contributed by atoms with Crippen LogP contribution in [-0.2, 0) is 16.4 Å². The van der Waals surface area contributed by atoms with Crippen LogP contribution in [0.5, 0.6) is 0 Å². The molecule has 0 aliphatic heterocycles. The van der Waals surface area contributed by atoms with E-state index in [0.717, 1.165) is 0 Å². The number of benzene rings is 2. The van der Waals surface area contributed by atoms with Crippen molar-refractivity contribution < 1.29 is 8.42 Å². The molecule has 0 atom stereocenters. The van der Waals surface area contributed by atoms with Gasteiger partial charge in [0, 0.05) is 24.5 Å². The fourth-order valence-corrected chi connectivity index (χ4v) is 3.72. The van der Waals surface area contributed by atoms with Crippen LogP contribution < -0.4 is 0 Å². The predicted octanol–water partition coefficient (Wildman–Crippen LogP) is 2.90. The largest absolute Gasteiger partial charge is 0.330 e. The van der Waals surface area contributed by atoms with Crippen molar-refractivity contribution in [2.75, 3.05) is 5.75 Å². The van der Waals surface area contributed by atoms with Crippen LogP contribution >= 0.6 is 0 Å². The second-order valence-electron chi connectivity index (χ2n) is 5.23. The number of hydrogen-bond acceptors (Lipinski definition) is 4. The van der Waals surface area contributed by atoms with E-state index in [4.69, 9.17) is 0 Å². The van der Waals surface area contributed by atoms with Crippen LogP contribution in [0.2, 0.25) is 0 Å². The molecule has 3 rings (SSSR count). The van der Waals surface area contributed by atoms with E-state index in [2.05, 4.69) is 11.1 Å². The molecule has 2 aromatic carbocycles. The zero-order valence-corrected chi connectivity index (χ0v) is 13.6. The Balaban J connectivity index is 1.86. The van der Waals surface area contributed by atoms with Gasteiger partial charge in [0.05, 0.1) is 22.3 Å². The first kappa shape index (κ1) is 16.0. The standard InChI is InChI=1S/C18H15N3O2S/c19-14-15-6-4-5-9-17(15)18-20-10-11-21(18)12-13-24(22,23)16-7-2-1-3-8-16/h1-11H,12-13H2. The molecule has 0 aliphatic rings. The van der Waals surface area contributed by atoms with Crippen LogP contribution in [0.4, 0.5) is 0 Å². The van der Waals surface area contributed by atoms with Gasteiger partial charge in [-0.3, -0.25) is 0 Å². The van der Waals surface area contributed by atoms with E-state index in [1.54, 1.807) is 59.4 Å². The average Bonchev–Trinajstić information content (AvgIpc) is 3.09. The molecule has 1 heterocycles. The van der Waals surface area contributed by atoms with E-state index in [1.165, 1.54) is 0 Å². The highest BCUT2D eigenvalue weighted by Gasteiger charge is 2.16. The van der Waals surface area contributed by atoms with E-state index in [1.807, 2.05) is 12.1 Å². The monoisotopic (exact) mass is 337 g/mol. The summed E-state index contributed by atoms with van der Waals surface area (Å²) in [5.74, 6) is 0.560. The number of sulfone groups is 1. The molecular weight excluding hydrogens is 322 g/mol. The molecule has 0 bridgehead atoms. The van der Waals surface area contributed by atoms with Crippen LogP contribution in [0.3, 0.4) is 0 Å². The van der Waals surface area contributed by atoms with Crippen molar-refractivity contribution in [2.45, 2.75) is 11.4 Å². The van der Waals surface area contributed by atoms with E-state index in [9.17, 15) is 13.7 Å². The maximum Gasteiger partial charge on any atom is 0.180 e. The number of aromatic nitrogens is 2. The second-order valence-corrected chi connectivity index (χ2v) is 7.34. The maximum absolute atomic E-state index is 12.4. The summed E-state index contributed by atoms with van der Waals surface area (Å²) in [4.78, 5) is 4.59. The number of nitrogens with zero attached hydrogens (tertiary/aromatic N) is 3. The van der Waals surface area contributed by atoms with Crippen molar-refractivity contribution in [3.63, 3.8) is 0 Å². The summed E-state index contributed by atoms with van der Waals surface area (Å²) in [6.07, 6.45) is 3.34. The Morgan fingerprint density at radius 3 is 2.50 bits per heavy atom. The van der Waals surface area contributed by atoms with Crippen molar-refractivity contribution in [3.05, 3.63) is 72.6 Å². The maximum atomic E-state index is 12.4. The van der Waals surface area contributed by atoms with Crippen LogP contribution in [0.25, 0.3) is 11.4 Å². The summed E-state index contributed by atoms with van der Waals surface area (Å²) < 4.78 is 26.6. The number of aryl methyl sites for hydroxylation is 1. The zero-order valence-electron chi connectivity index (χ0n) is 12.8. The first-order valence-electron chi connectivity index (χ1n) is 7.40. The van der Waals surface area contributed by atoms with Gasteiger partial charge in [0.2, 0.25) is 0 Å². The highest BCUT2D eigenvalue weighted by molar-refractivity contribution is 7.91. The molecule has 0 radical (unpaired) electrons. The first-order chi connectivity index (χ1) is 11.6. The third kappa shape index (κ3) is 3.21. The summed E-state index contributed by atoms with van der Waals surface area (Å²) in [7, 11) is -3.36. The van der Waals surface area contributed by atoms with Crippen molar-refractivity contribution >= 4 is 9.84 Å². The molecule has 0 fully saturated rings. The SMILES string of the molecule is N#Cc1ccccc1-c1nccn1CCS(=O)(=O)c1ccccc1. The molecule has 24 heavy (non-hydrogen) atoms. The van der Waals surface area contributed by atoms with Crippen LogP contribution in [0.15, 0.2) is 71.9 Å². The van der Waals surface area contributed by atoms with Gasteiger partial charge in [0.1, 0.15) is 5.82 Å². The molecule has 5 nitrogen and oxygen atoms in total. The van der Waals surface area contributed by atoms with E-state index in [-0.39, 0.29) is 12.3 Å². The third-order valence-electron chi connectivity index (χ3n) is 3.71. The minimum absolute atomic E-state index is 0.0326. The van der Waals surface area contributed by atoms with Crippen molar-refractivity contribution in [2.24, 2.45) is 0 Å². The van der Waals surface area contributed by atoms with E-state index >= 15 is 0 Å². The average molecular weight is 337 g/mol. The highest BCUT2D eigenvalue weighted by atomic mass is 32.2. The van der Waals surface area contributed by atoms with Crippen LogP contribution in [0, 0.1) is 11.3 Å². The molecule has 120 valence electrons. The third-order valence-corrected chi connectivity index (χ3v) is 5.42. The smallest absolute Gasteiger partial charge is 0.180 e. The molecular formula is C18H15N3O2S. The molecule has 3 aromatic rings. The van der Waals surface area contributed by atoms with Gasteiger partial charge in [-0.05, 0) is 24.3 Å². The van der Waals surface area contributed by atoms with E-state index in [0.29, 0.717) is 21.8 Å². The Labute approximate surface area is 140 Å². The molecule has 0 N–H and O–H groups in total. The Kier molecular flexibility index (Phi) is 4.45. The quantitative estimate of drug-likeness (QED) is 0.717. The molecule has 1 aromatic heterocycles. The number of nitriles is 1. The molecule has 0 aliphatic carbocycles.